The minimum atomic E-state index is -0.510. The summed E-state index contributed by atoms with van der Waals surface area (Å²) in [7, 11) is 0. The number of nitrogens with two attached hydrogens (primary N) is 1. The van der Waals surface area contributed by atoms with E-state index in [4.69, 9.17) is 5.73 Å². The number of fused-ring (bicyclic) bond motifs is 1. The van der Waals surface area contributed by atoms with Gasteiger partial charge in [-0.1, -0.05) is 43.2 Å². The van der Waals surface area contributed by atoms with Gasteiger partial charge in [0.05, 0.1) is 6.54 Å². The van der Waals surface area contributed by atoms with Crippen molar-refractivity contribution >= 4 is 17.7 Å². The van der Waals surface area contributed by atoms with Crippen LogP contribution in [0.4, 0.5) is 0 Å². The molecule has 1 aliphatic heterocycles. The number of carbonyl (C=O) groups is 3. The van der Waals surface area contributed by atoms with Gasteiger partial charge in [0.15, 0.2) is 0 Å². The molecule has 2 fully saturated rings. The van der Waals surface area contributed by atoms with Crippen LogP contribution >= 0.6 is 0 Å². The van der Waals surface area contributed by atoms with E-state index in [-0.39, 0.29) is 24.8 Å². The van der Waals surface area contributed by atoms with Crippen LogP contribution < -0.4 is 5.73 Å². The lowest BCUT2D eigenvalue weighted by atomic mass is 9.78. The highest BCUT2D eigenvalue weighted by molar-refractivity contribution is 5.84. The predicted octanol–water partition coefficient (Wildman–Crippen LogP) is 2.89. The summed E-state index contributed by atoms with van der Waals surface area (Å²) in [6.45, 7) is 1.24. The van der Waals surface area contributed by atoms with E-state index in [1.807, 2.05) is 30.3 Å². The number of hydrogen-bond donors (Lipinski definition) is 1. The number of carbonyl (C=O) groups excluding carboxylic acids is 3. The van der Waals surface area contributed by atoms with Crippen molar-refractivity contribution < 1.29 is 14.4 Å². The first-order valence-corrected chi connectivity index (χ1v) is 11.4. The van der Waals surface area contributed by atoms with Gasteiger partial charge in [0.2, 0.25) is 17.7 Å². The van der Waals surface area contributed by atoms with Gasteiger partial charge in [0.25, 0.3) is 0 Å². The maximum Gasteiger partial charge on any atom is 0.237 e. The van der Waals surface area contributed by atoms with Crippen molar-refractivity contribution in [2.45, 2.75) is 70.3 Å². The maximum absolute atomic E-state index is 12.8. The van der Waals surface area contributed by atoms with Crippen molar-refractivity contribution in [3.63, 3.8) is 0 Å². The normalized spacial score (nSPS) is 21.0. The molecule has 1 saturated heterocycles. The molecule has 0 spiro atoms. The second-order valence-corrected chi connectivity index (χ2v) is 8.71. The number of hydrogen-bond acceptors (Lipinski definition) is 3. The maximum atomic E-state index is 12.8. The van der Waals surface area contributed by atoms with E-state index in [9.17, 15) is 14.4 Å². The van der Waals surface area contributed by atoms with Crippen molar-refractivity contribution in [3.8, 4) is 0 Å². The second kappa shape index (κ2) is 11.1. The third-order valence-corrected chi connectivity index (χ3v) is 6.56. The van der Waals surface area contributed by atoms with E-state index >= 15 is 0 Å². The molecule has 2 aliphatic rings. The molecule has 3 rings (SSSR count). The van der Waals surface area contributed by atoms with Gasteiger partial charge in [-0.25, -0.2) is 0 Å². The van der Waals surface area contributed by atoms with Gasteiger partial charge in [-0.15, -0.1) is 0 Å². The van der Waals surface area contributed by atoms with Crippen LogP contribution in [0.2, 0.25) is 0 Å². The summed E-state index contributed by atoms with van der Waals surface area (Å²) in [6.07, 6.45) is 9.09. The highest BCUT2D eigenvalue weighted by Gasteiger charge is 2.35. The molecule has 1 aromatic rings. The second-order valence-electron chi connectivity index (χ2n) is 8.71. The minimum absolute atomic E-state index is 0.0739. The first-order chi connectivity index (χ1) is 14.5. The quantitative estimate of drug-likeness (QED) is 0.676. The number of amides is 3. The molecule has 1 heterocycles. The zero-order chi connectivity index (χ0) is 21.3. The Hall–Kier alpha value is -2.37. The van der Waals surface area contributed by atoms with Crippen molar-refractivity contribution in [2.75, 3.05) is 19.6 Å². The summed E-state index contributed by atoms with van der Waals surface area (Å²) in [6, 6.07) is 10.3. The van der Waals surface area contributed by atoms with Crippen molar-refractivity contribution in [3.05, 3.63) is 35.9 Å². The molecule has 0 bridgehead atoms. The number of nitrogens with zero attached hydrogens (tertiary/aromatic N) is 2. The molecule has 2 unspecified atom stereocenters. The van der Waals surface area contributed by atoms with Crippen LogP contribution in [-0.2, 0) is 20.8 Å². The fourth-order valence-electron chi connectivity index (χ4n) is 5.02. The zero-order valence-corrected chi connectivity index (χ0v) is 17.9. The molecule has 0 radical (unpaired) electrons. The fraction of sp³-hybridized carbons (Fsp3) is 0.625. The van der Waals surface area contributed by atoms with E-state index in [0.717, 1.165) is 24.9 Å². The van der Waals surface area contributed by atoms with Crippen LogP contribution in [0.15, 0.2) is 30.3 Å². The molecule has 2 N–H and O–H groups in total. The van der Waals surface area contributed by atoms with Crippen molar-refractivity contribution in [1.29, 1.82) is 0 Å². The Labute approximate surface area is 179 Å². The molecule has 1 aliphatic carbocycles. The molecule has 2 atom stereocenters. The Bertz CT molecular complexity index is 720. The van der Waals surface area contributed by atoms with Crippen LogP contribution in [0.5, 0.6) is 0 Å². The zero-order valence-electron chi connectivity index (χ0n) is 17.9. The van der Waals surface area contributed by atoms with Gasteiger partial charge < -0.3 is 15.5 Å². The molecule has 1 saturated carbocycles. The van der Waals surface area contributed by atoms with E-state index < -0.39 is 5.91 Å². The molecule has 6 heteroatoms. The van der Waals surface area contributed by atoms with Crippen molar-refractivity contribution in [2.24, 2.45) is 11.7 Å². The Morgan fingerprint density at radius 1 is 1.00 bits per heavy atom. The monoisotopic (exact) mass is 413 g/mol. The van der Waals surface area contributed by atoms with Crippen LogP contribution in [0.1, 0.15) is 63.4 Å². The lowest BCUT2D eigenvalue weighted by Gasteiger charge is -2.44. The van der Waals surface area contributed by atoms with Gasteiger partial charge in [0.1, 0.15) is 0 Å². The van der Waals surface area contributed by atoms with Gasteiger partial charge in [-0.05, 0) is 50.0 Å². The van der Waals surface area contributed by atoms with Gasteiger partial charge >= 0.3 is 0 Å². The molecule has 164 valence electrons. The Morgan fingerprint density at radius 2 is 1.73 bits per heavy atom. The molecular formula is C24H35N3O3. The molecule has 0 aromatic heterocycles. The van der Waals surface area contributed by atoms with Crippen LogP contribution in [0, 0.1) is 5.92 Å². The molecular weight excluding hydrogens is 378 g/mol. The molecule has 30 heavy (non-hydrogen) atoms. The molecule has 3 amide bonds. The smallest absolute Gasteiger partial charge is 0.237 e. The largest absolute Gasteiger partial charge is 0.368 e. The Morgan fingerprint density at radius 3 is 2.50 bits per heavy atom. The lowest BCUT2D eigenvalue weighted by Crippen LogP contribution is -2.49. The fourth-order valence-corrected chi connectivity index (χ4v) is 5.02. The van der Waals surface area contributed by atoms with Gasteiger partial charge in [0, 0.05) is 32.0 Å². The van der Waals surface area contributed by atoms with E-state index in [1.54, 1.807) is 0 Å². The number of benzene rings is 1. The third-order valence-electron chi connectivity index (χ3n) is 6.56. The highest BCUT2D eigenvalue weighted by Crippen LogP contribution is 2.35. The SMILES string of the molecule is NC(=O)CN(CCc1ccccc1)C(=O)CCCC(=O)N1CCCC2CCCCC21. The molecule has 1 aromatic carbocycles. The molecule has 6 nitrogen and oxygen atoms in total. The predicted molar refractivity (Wildman–Crippen MR) is 116 cm³/mol. The summed E-state index contributed by atoms with van der Waals surface area (Å²) in [5.74, 6) is 0.239. The highest BCUT2D eigenvalue weighted by atomic mass is 16.2. The van der Waals surface area contributed by atoms with E-state index in [0.29, 0.717) is 37.8 Å². The van der Waals surface area contributed by atoms with Crippen molar-refractivity contribution in [1.82, 2.24) is 9.80 Å². The van der Waals surface area contributed by atoms with E-state index in [2.05, 4.69) is 4.90 Å². The number of piperidine rings is 1. The summed E-state index contributed by atoms with van der Waals surface area (Å²) < 4.78 is 0. The summed E-state index contributed by atoms with van der Waals surface area (Å²) in [5.41, 5.74) is 6.46. The number of likely N-dealkylation sites (tertiary alicyclic amines) is 1. The van der Waals surface area contributed by atoms with E-state index in [1.165, 1.54) is 30.6 Å². The summed E-state index contributed by atoms with van der Waals surface area (Å²) in [4.78, 5) is 40.5. The lowest BCUT2D eigenvalue weighted by molar-refractivity contribution is -0.138. The summed E-state index contributed by atoms with van der Waals surface area (Å²) >= 11 is 0. The Balaban J connectivity index is 1.46. The average molecular weight is 414 g/mol. The van der Waals surface area contributed by atoms with Gasteiger partial charge in [-0.2, -0.15) is 0 Å². The standard InChI is InChI=1S/C24H35N3O3/c25-22(28)18-26(17-15-19-8-2-1-3-9-19)23(29)13-6-14-24(30)27-16-7-11-20-10-4-5-12-21(20)27/h1-3,8-9,20-21H,4-7,10-18H2,(H2,25,28). The number of primary amides is 1. The minimum Gasteiger partial charge on any atom is -0.368 e. The first kappa shape index (κ1) is 22.3. The summed E-state index contributed by atoms with van der Waals surface area (Å²) in [5, 5.41) is 0. The average Bonchev–Trinajstić information content (AvgIpc) is 2.76. The topological polar surface area (TPSA) is 83.7 Å². The Kier molecular flexibility index (Phi) is 8.29. The van der Waals surface area contributed by atoms with Crippen LogP contribution in [0.3, 0.4) is 0 Å². The number of rotatable bonds is 9. The third kappa shape index (κ3) is 6.31. The van der Waals surface area contributed by atoms with Crippen LogP contribution in [-0.4, -0.2) is 53.2 Å². The van der Waals surface area contributed by atoms with Crippen LogP contribution in [0.25, 0.3) is 0 Å². The van der Waals surface area contributed by atoms with Gasteiger partial charge in [-0.3, -0.25) is 14.4 Å². The first-order valence-electron chi connectivity index (χ1n) is 11.4.